The number of fused-ring (bicyclic) bond motifs is 2. The van der Waals surface area contributed by atoms with Crippen molar-refractivity contribution in [3.05, 3.63) is 17.6 Å². The molecule has 2 bridgehead atoms. The first-order valence-electron chi connectivity index (χ1n) is 9.97. The molecule has 0 saturated carbocycles. The van der Waals surface area contributed by atoms with E-state index < -0.39 is 0 Å². The Morgan fingerprint density at radius 1 is 1.15 bits per heavy atom. The van der Waals surface area contributed by atoms with Gasteiger partial charge < -0.3 is 20.2 Å². The van der Waals surface area contributed by atoms with E-state index in [1.54, 1.807) is 0 Å². The molecule has 0 unspecified atom stereocenters. The average Bonchev–Trinajstić information content (AvgIpc) is 2.58. The minimum atomic E-state index is -0.271. The maximum absolute atomic E-state index is 11.0. The molecular formula is C20H33N5O. The number of aliphatic hydroxyl groups excluding tert-OH is 1. The highest BCUT2D eigenvalue weighted by Gasteiger charge is 2.55. The van der Waals surface area contributed by atoms with Crippen molar-refractivity contribution in [2.24, 2.45) is 10.8 Å². The molecule has 144 valence electrons. The number of piperidine rings is 3. The molecule has 6 nitrogen and oxygen atoms in total. The summed E-state index contributed by atoms with van der Waals surface area (Å²) in [6.07, 6.45) is 2.14. The first kappa shape index (κ1) is 18.1. The minimum absolute atomic E-state index is 0.134. The lowest BCUT2D eigenvalue weighted by Crippen LogP contribution is -2.69. The van der Waals surface area contributed by atoms with Crippen LogP contribution in [0.2, 0.25) is 0 Å². The van der Waals surface area contributed by atoms with Crippen molar-refractivity contribution >= 4 is 5.82 Å². The quantitative estimate of drug-likeness (QED) is 0.832. The number of rotatable bonds is 2. The van der Waals surface area contributed by atoms with E-state index in [-0.39, 0.29) is 16.9 Å². The van der Waals surface area contributed by atoms with Crippen LogP contribution in [0, 0.1) is 17.8 Å². The molecule has 3 aliphatic heterocycles. The molecule has 4 heterocycles. The van der Waals surface area contributed by atoms with Crippen LogP contribution in [0.25, 0.3) is 0 Å². The third kappa shape index (κ3) is 3.12. The third-order valence-corrected chi connectivity index (χ3v) is 6.57. The summed E-state index contributed by atoms with van der Waals surface area (Å²) in [5, 5.41) is 14.5. The first-order valence-corrected chi connectivity index (χ1v) is 9.97. The molecule has 3 aliphatic rings. The van der Waals surface area contributed by atoms with Crippen LogP contribution in [0.1, 0.15) is 44.1 Å². The Labute approximate surface area is 157 Å². The Morgan fingerprint density at radius 3 is 2.46 bits per heavy atom. The van der Waals surface area contributed by atoms with Crippen LogP contribution in [-0.2, 0) is 0 Å². The van der Waals surface area contributed by atoms with Crippen molar-refractivity contribution in [1.29, 1.82) is 0 Å². The number of nitrogens with one attached hydrogen (secondary N) is 1. The van der Waals surface area contributed by atoms with Gasteiger partial charge in [-0.15, -0.1) is 0 Å². The highest BCUT2D eigenvalue weighted by Crippen LogP contribution is 2.46. The lowest BCUT2D eigenvalue weighted by atomic mass is 9.63. The summed E-state index contributed by atoms with van der Waals surface area (Å²) >= 11 is 0. The van der Waals surface area contributed by atoms with Crippen LogP contribution in [0.4, 0.5) is 5.82 Å². The van der Waals surface area contributed by atoms with Gasteiger partial charge in [0.05, 0.1) is 11.8 Å². The summed E-state index contributed by atoms with van der Waals surface area (Å²) in [6, 6.07) is 2.20. The topological polar surface area (TPSA) is 64.5 Å². The molecule has 1 aromatic heterocycles. The lowest BCUT2D eigenvalue weighted by Gasteiger charge is -2.59. The van der Waals surface area contributed by atoms with Crippen molar-refractivity contribution < 1.29 is 5.11 Å². The van der Waals surface area contributed by atoms with E-state index in [4.69, 9.17) is 9.97 Å². The molecule has 3 fully saturated rings. The summed E-state index contributed by atoms with van der Waals surface area (Å²) < 4.78 is 0. The zero-order chi connectivity index (χ0) is 18.5. The van der Waals surface area contributed by atoms with Gasteiger partial charge in [0.1, 0.15) is 11.6 Å². The number of aromatic nitrogens is 2. The van der Waals surface area contributed by atoms with E-state index in [0.717, 1.165) is 50.9 Å². The van der Waals surface area contributed by atoms with E-state index >= 15 is 0 Å². The highest BCUT2D eigenvalue weighted by atomic mass is 16.3. The molecule has 2 N–H and O–H groups in total. The van der Waals surface area contributed by atoms with Crippen LogP contribution in [0.5, 0.6) is 0 Å². The first-order chi connectivity index (χ1) is 12.3. The van der Waals surface area contributed by atoms with Crippen molar-refractivity contribution in [2.45, 2.75) is 45.6 Å². The molecule has 26 heavy (non-hydrogen) atoms. The number of hydrogen-bond donors (Lipinski definition) is 2. The average molecular weight is 360 g/mol. The van der Waals surface area contributed by atoms with Gasteiger partial charge in [-0.3, -0.25) is 0 Å². The van der Waals surface area contributed by atoms with Crippen LogP contribution in [0.3, 0.4) is 0 Å². The largest absolute Gasteiger partial charge is 0.392 e. The monoisotopic (exact) mass is 359 g/mol. The fraction of sp³-hybridized carbons (Fsp3) is 0.800. The molecule has 3 atom stereocenters. The third-order valence-electron chi connectivity index (χ3n) is 6.57. The maximum Gasteiger partial charge on any atom is 0.132 e. The van der Waals surface area contributed by atoms with Crippen molar-refractivity contribution in [3.63, 3.8) is 0 Å². The fourth-order valence-corrected chi connectivity index (χ4v) is 5.72. The summed E-state index contributed by atoms with van der Waals surface area (Å²) in [6.45, 7) is 12.1. The second-order valence-corrected chi connectivity index (χ2v) is 9.48. The molecule has 6 heteroatoms. The second kappa shape index (κ2) is 6.43. The molecule has 0 spiro atoms. The summed E-state index contributed by atoms with van der Waals surface area (Å²) in [7, 11) is 2.17. The Hall–Kier alpha value is -1.24. The maximum atomic E-state index is 11.0. The highest BCUT2D eigenvalue weighted by molar-refractivity contribution is 5.43. The van der Waals surface area contributed by atoms with Crippen LogP contribution in [-0.4, -0.2) is 72.4 Å². The van der Waals surface area contributed by atoms with Gasteiger partial charge in [0.2, 0.25) is 0 Å². The molecule has 0 radical (unpaired) electrons. The predicted octanol–water partition coefficient (Wildman–Crippen LogP) is 1.39. The van der Waals surface area contributed by atoms with Gasteiger partial charge in [-0.25, -0.2) is 9.97 Å². The smallest absolute Gasteiger partial charge is 0.132 e. The van der Waals surface area contributed by atoms with Gasteiger partial charge in [0.15, 0.2) is 0 Å². The van der Waals surface area contributed by atoms with Crippen molar-refractivity contribution in [3.8, 4) is 0 Å². The van der Waals surface area contributed by atoms with Gasteiger partial charge in [-0.1, -0.05) is 13.8 Å². The Kier molecular flexibility index (Phi) is 4.48. The number of likely N-dealkylation sites (tertiary alicyclic amines) is 1. The number of aryl methyl sites for hydroxylation is 1. The Balaban J connectivity index is 1.64. The van der Waals surface area contributed by atoms with Gasteiger partial charge in [-0.05, 0) is 33.4 Å². The van der Waals surface area contributed by atoms with E-state index in [1.807, 2.05) is 6.92 Å². The van der Waals surface area contributed by atoms with Crippen LogP contribution < -0.4 is 10.2 Å². The molecular weight excluding hydrogens is 326 g/mol. The normalized spacial score (nSPS) is 38.4. The van der Waals surface area contributed by atoms with Crippen LogP contribution in [0.15, 0.2) is 6.07 Å². The molecule has 4 rings (SSSR count). The van der Waals surface area contributed by atoms with E-state index in [2.05, 4.69) is 42.1 Å². The van der Waals surface area contributed by atoms with Crippen molar-refractivity contribution in [1.82, 2.24) is 20.2 Å². The number of aliphatic hydroxyl groups is 1. The molecule has 0 aromatic carbocycles. The number of nitrogens with zero attached hydrogens (tertiary/aromatic N) is 4. The summed E-state index contributed by atoms with van der Waals surface area (Å²) in [5.74, 6) is 2.37. The minimum Gasteiger partial charge on any atom is -0.392 e. The SMILES string of the molecule is Cc1nc([C@@H]2CCCNC2)cc(N2C[C@]3(C)CN(C)C[C@@](C)(C2)C3O)n1. The van der Waals surface area contributed by atoms with Gasteiger partial charge in [0.25, 0.3) is 0 Å². The lowest BCUT2D eigenvalue weighted by molar-refractivity contribution is -0.127. The van der Waals surface area contributed by atoms with Gasteiger partial charge >= 0.3 is 0 Å². The molecule has 0 amide bonds. The Bertz CT molecular complexity index is 654. The zero-order valence-electron chi connectivity index (χ0n) is 16.6. The molecule has 3 saturated heterocycles. The number of hydrogen-bond acceptors (Lipinski definition) is 6. The second-order valence-electron chi connectivity index (χ2n) is 9.48. The van der Waals surface area contributed by atoms with Gasteiger partial charge in [-0.2, -0.15) is 0 Å². The van der Waals surface area contributed by atoms with E-state index in [0.29, 0.717) is 5.92 Å². The molecule has 1 aromatic rings. The number of anilines is 1. The molecule has 0 aliphatic carbocycles. The standard InChI is InChI=1S/C20H33N5O/c1-14-22-16(15-6-5-7-21-9-15)8-17(23-14)25-12-19(2)10-24(4)11-20(3,13-25)18(19)26/h8,15,18,21,26H,5-7,9-13H2,1-4H3/t15-,19+,20+/m1/s1. The van der Waals surface area contributed by atoms with Gasteiger partial charge in [0, 0.05) is 55.5 Å². The fourth-order valence-electron chi connectivity index (χ4n) is 5.72. The predicted molar refractivity (Wildman–Crippen MR) is 104 cm³/mol. The van der Waals surface area contributed by atoms with E-state index in [1.165, 1.54) is 18.5 Å². The van der Waals surface area contributed by atoms with Crippen molar-refractivity contribution in [2.75, 3.05) is 51.2 Å². The summed E-state index contributed by atoms with van der Waals surface area (Å²) in [5.41, 5.74) is 0.903. The Morgan fingerprint density at radius 2 is 1.85 bits per heavy atom. The van der Waals surface area contributed by atoms with E-state index in [9.17, 15) is 5.11 Å². The zero-order valence-corrected chi connectivity index (χ0v) is 16.6. The summed E-state index contributed by atoms with van der Waals surface area (Å²) in [4.78, 5) is 14.3. The van der Waals surface area contributed by atoms with Crippen LogP contribution >= 0.6 is 0 Å².